The first-order valence-corrected chi connectivity index (χ1v) is 8.65. The molecule has 0 saturated heterocycles. The van der Waals surface area contributed by atoms with E-state index >= 15 is 0 Å². The Balaban J connectivity index is 2.44. The molecule has 0 saturated carbocycles. The van der Waals surface area contributed by atoms with Crippen molar-refractivity contribution in [3.63, 3.8) is 0 Å². The summed E-state index contributed by atoms with van der Waals surface area (Å²) >= 11 is 11.5. The van der Waals surface area contributed by atoms with E-state index in [1.807, 2.05) is 11.8 Å². The number of nitrogens with zero attached hydrogens (tertiary/aromatic N) is 2. The van der Waals surface area contributed by atoms with Crippen LogP contribution in [0.2, 0.25) is 5.02 Å². The Labute approximate surface area is 133 Å². The number of fused-ring (bicyclic) bond motifs is 2. The van der Waals surface area contributed by atoms with Gasteiger partial charge in [-0.2, -0.15) is 0 Å². The molecule has 0 unspecified atom stereocenters. The lowest BCUT2D eigenvalue weighted by Crippen LogP contribution is -2.29. The number of benzene rings is 1. The highest BCUT2D eigenvalue weighted by molar-refractivity contribution is 7.92. The first kappa shape index (κ1) is 14.6. The van der Waals surface area contributed by atoms with Crippen LogP contribution >= 0.6 is 23.8 Å². The normalized spacial score (nSPS) is 16.3. The number of rotatable bonds is 1. The number of sulfone groups is 1. The molecule has 110 valence electrons. The molecule has 0 spiro atoms. The zero-order valence-electron chi connectivity index (χ0n) is 11.5. The van der Waals surface area contributed by atoms with Gasteiger partial charge in [-0.25, -0.2) is 8.42 Å². The van der Waals surface area contributed by atoms with Crippen LogP contribution in [0.1, 0.15) is 12.5 Å². The maximum absolute atomic E-state index is 12.9. The zero-order chi connectivity index (χ0) is 15.4. The summed E-state index contributed by atoms with van der Waals surface area (Å²) in [6.07, 6.45) is 3.33. The van der Waals surface area contributed by atoms with Crippen LogP contribution in [-0.4, -0.2) is 24.5 Å². The second-order valence-electron chi connectivity index (χ2n) is 4.87. The number of hydrogen-bond acceptors (Lipinski definition) is 3. The van der Waals surface area contributed by atoms with Gasteiger partial charge in [0.1, 0.15) is 4.99 Å². The van der Waals surface area contributed by atoms with E-state index in [0.29, 0.717) is 27.8 Å². The van der Waals surface area contributed by atoms with E-state index < -0.39 is 9.84 Å². The molecule has 21 heavy (non-hydrogen) atoms. The standard InChI is InChI=1S/C14H13ClN2O2S2/c1-3-17-11-5-4-9(15)6-12(11)21(18,19)13-8-16(2)7-10(13)14(17)20/h4-8H,3H2,1-2H3. The molecule has 1 aromatic heterocycles. The monoisotopic (exact) mass is 340 g/mol. The Morgan fingerprint density at radius 3 is 2.62 bits per heavy atom. The zero-order valence-corrected chi connectivity index (χ0v) is 13.9. The van der Waals surface area contributed by atoms with Gasteiger partial charge in [0.25, 0.3) is 0 Å². The highest BCUT2D eigenvalue weighted by Gasteiger charge is 2.34. The molecule has 0 N–H and O–H groups in total. The number of thiocarbonyl (C=S) groups is 1. The molecule has 2 heterocycles. The van der Waals surface area contributed by atoms with Crippen molar-refractivity contribution in [1.29, 1.82) is 0 Å². The molecule has 0 atom stereocenters. The summed E-state index contributed by atoms with van der Waals surface area (Å²) in [5.41, 5.74) is 1.13. The van der Waals surface area contributed by atoms with Gasteiger partial charge in [0.15, 0.2) is 0 Å². The molecule has 3 rings (SSSR count). The van der Waals surface area contributed by atoms with Crippen LogP contribution in [-0.2, 0) is 16.9 Å². The van der Waals surface area contributed by atoms with Crippen molar-refractivity contribution in [2.75, 3.05) is 11.4 Å². The molecule has 4 nitrogen and oxygen atoms in total. The predicted molar refractivity (Wildman–Crippen MR) is 87.0 cm³/mol. The Kier molecular flexibility index (Phi) is 3.35. The van der Waals surface area contributed by atoms with Gasteiger partial charge in [0.05, 0.1) is 15.5 Å². The third kappa shape index (κ3) is 2.09. The number of hydrogen-bond donors (Lipinski definition) is 0. The first-order chi connectivity index (χ1) is 9.86. The maximum atomic E-state index is 12.9. The SMILES string of the molecule is CCN1C(=S)c2cn(C)cc2S(=O)(=O)c2cc(Cl)ccc21. The van der Waals surface area contributed by atoms with Crippen LogP contribution in [0.25, 0.3) is 0 Å². The van der Waals surface area contributed by atoms with E-state index in [1.54, 1.807) is 36.1 Å². The molecule has 1 aliphatic rings. The van der Waals surface area contributed by atoms with Crippen molar-refractivity contribution in [3.8, 4) is 0 Å². The molecule has 0 bridgehead atoms. The summed E-state index contributed by atoms with van der Waals surface area (Å²) in [5, 5.41) is 0.388. The smallest absolute Gasteiger partial charge is 0.210 e. The van der Waals surface area contributed by atoms with Crippen molar-refractivity contribution in [2.45, 2.75) is 16.7 Å². The third-order valence-corrected chi connectivity index (χ3v) is 5.99. The minimum Gasteiger partial charge on any atom is -0.355 e. The van der Waals surface area contributed by atoms with Gasteiger partial charge in [0.2, 0.25) is 9.84 Å². The van der Waals surface area contributed by atoms with Crippen molar-refractivity contribution in [3.05, 3.63) is 41.2 Å². The van der Waals surface area contributed by atoms with Crippen LogP contribution < -0.4 is 4.90 Å². The number of aryl methyl sites for hydroxylation is 1. The molecule has 2 aromatic rings. The van der Waals surface area contributed by atoms with Gasteiger partial charge in [-0.1, -0.05) is 23.8 Å². The molecule has 0 radical (unpaired) electrons. The summed E-state index contributed by atoms with van der Waals surface area (Å²) in [6, 6.07) is 4.87. The van der Waals surface area contributed by atoms with Crippen LogP contribution in [0.3, 0.4) is 0 Å². The minimum atomic E-state index is -3.65. The Bertz CT molecular complexity index is 856. The van der Waals surface area contributed by atoms with Crippen molar-refractivity contribution in [2.24, 2.45) is 7.05 Å². The Morgan fingerprint density at radius 1 is 1.24 bits per heavy atom. The fourth-order valence-electron chi connectivity index (χ4n) is 2.55. The van der Waals surface area contributed by atoms with Gasteiger partial charge in [0, 0.05) is 36.6 Å². The fourth-order valence-corrected chi connectivity index (χ4v) is 4.96. The van der Waals surface area contributed by atoms with Crippen LogP contribution in [0.5, 0.6) is 0 Å². The largest absolute Gasteiger partial charge is 0.355 e. The van der Waals surface area contributed by atoms with Crippen molar-refractivity contribution in [1.82, 2.24) is 4.57 Å². The molecular formula is C14H13ClN2O2S2. The maximum Gasteiger partial charge on any atom is 0.210 e. The van der Waals surface area contributed by atoms with E-state index in [9.17, 15) is 8.42 Å². The number of aromatic nitrogens is 1. The van der Waals surface area contributed by atoms with Crippen LogP contribution in [0.15, 0.2) is 40.4 Å². The summed E-state index contributed by atoms with van der Waals surface area (Å²) in [5.74, 6) is 0. The second kappa shape index (κ2) is 4.83. The summed E-state index contributed by atoms with van der Waals surface area (Å²) in [4.78, 5) is 2.76. The lowest BCUT2D eigenvalue weighted by molar-refractivity contribution is 0.596. The highest BCUT2D eigenvalue weighted by Crippen LogP contribution is 2.38. The van der Waals surface area contributed by atoms with Gasteiger partial charge < -0.3 is 9.47 Å². The Morgan fingerprint density at radius 2 is 1.95 bits per heavy atom. The third-order valence-electron chi connectivity index (χ3n) is 3.50. The topological polar surface area (TPSA) is 42.3 Å². The second-order valence-corrected chi connectivity index (χ2v) is 7.58. The molecule has 0 aliphatic carbocycles. The number of halogens is 1. The quantitative estimate of drug-likeness (QED) is 0.748. The lowest BCUT2D eigenvalue weighted by Gasteiger charge is -2.23. The minimum absolute atomic E-state index is 0.198. The summed E-state index contributed by atoms with van der Waals surface area (Å²) in [7, 11) is -1.87. The summed E-state index contributed by atoms with van der Waals surface area (Å²) < 4.78 is 27.6. The van der Waals surface area contributed by atoms with E-state index in [-0.39, 0.29) is 9.79 Å². The fraction of sp³-hybridized carbons (Fsp3) is 0.214. The van der Waals surface area contributed by atoms with E-state index in [0.717, 1.165) is 0 Å². The van der Waals surface area contributed by atoms with Crippen LogP contribution in [0.4, 0.5) is 5.69 Å². The van der Waals surface area contributed by atoms with Crippen molar-refractivity contribution >= 4 is 44.3 Å². The average Bonchev–Trinajstić information content (AvgIpc) is 2.81. The van der Waals surface area contributed by atoms with E-state index in [1.165, 1.54) is 6.07 Å². The predicted octanol–water partition coefficient (Wildman–Crippen LogP) is 3.03. The van der Waals surface area contributed by atoms with Gasteiger partial charge in [-0.15, -0.1) is 0 Å². The van der Waals surface area contributed by atoms with Crippen LogP contribution in [0, 0.1) is 0 Å². The number of anilines is 1. The Hall–Kier alpha value is -1.37. The molecule has 0 amide bonds. The van der Waals surface area contributed by atoms with Gasteiger partial charge in [-0.3, -0.25) is 0 Å². The van der Waals surface area contributed by atoms with E-state index in [2.05, 4.69) is 0 Å². The molecule has 1 aromatic carbocycles. The molecule has 1 aliphatic heterocycles. The molecular weight excluding hydrogens is 328 g/mol. The van der Waals surface area contributed by atoms with E-state index in [4.69, 9.17) is 23.8 Å². The highest BCUT2D eigenvalue weighted by atomic mass is 35.5. The summed E-state index contributed by atoms with van der Waals surface area (Å²) in [6.45, 7) is 2.52. The average molecular weight is 341 g/mol. The van der Waals surface area contributed by atoms with Gasteiger partial charge in [-0.05, 0) is 25.1 Å². The van der Waals surface area contributed by atoms with Gasteiger partial charge >= 0.3 is 0 Å². The molecule has 0 fully saturated rings. The van der Waals surface area contributed by atoms with Crippen molar-refractivity contribution < 1.29 is 8.42 Å². The molecule has 7 heteroatoms. The first-order valence-electron chi connectivity index (χ1n) is 6.38. The lowest BCUT2D eigenvalue weighted by atomic mass is 10.2.